The zero-order valence-corrected chi connectivity index (χ0v) is 7.77. The number of esters is 1. The first-order chi connectivity index (χ1) is 6.72. The molecule has 0 atom stereocenters. The van der Waals surface area contributed by atoms with Crippen LogP contribution in [0.3, 0.4) is 0 Å². The van der Waals surface area contributed by atoms with Crippen LogP contribution in [-0.2, 0) is 4.74 Å². The van der Waals surface area contributed by atoms with Gasteiger partial charge < -0.3 is 9.47 Å². The van der Waals surface area contributed by atoms with Crippen LogP contribution < -0.4 is 4.74 Å². The Morgan fingerprint density at radius 3 is 2.71 bits per heavy atom. The minimum Gasteiger partial charge on any atom is -0.481 e. The van der Waals surface area contributed by atoms with E-state index in [2.05, 4.69) is 9.72 Å². The molecule has 0 saturated heterocycles. The van der Waals surface area contributed by atoms with Crippen LogP contribution in [0.2, 0.25) is 0 Å². The van der Waals surface area contributed by atoms with E-state index < -0.39 is 5.97 Å². The van der Waals surface area contributed by atoms with Crippen LogP contribution in [-0.4, -0.2) is 25.2 Å². The van der Waals surface area contributed by atoms with Crippen molar-refractivity contribution in [2.45, 2.75) is 0 Å². The largest absolute Gasteiger partial charge is 0.481 e. The molecule has 0 N–H and O–H groups in total. The lowest BCUT2D eigenvalue weighted by molar-refractivity contribution is 0.0600. The van der Waals surface area contributed by atoms with E-state index in [1.54, 1.807) is 6.07 Å². The number of carbonyl (C=O) groups excluding carboxylic acids is 1. The molecule has 0 fully saturated rings. The van der Waals surface area contributed by atoms with Crippen molar-refractivity contribution in [3.8, 4) is 11.9 Å². The number of hydrogen-bond acceptors (Lipinski definition) is 5. The first kappa shape index (κ1) is 9.99. The second-order valence-electron chi connectivity index (χ2n) is 2.35. The molecule has 0 aliphatic carbocycles. The highest BCUT2D eigenvalue weighted by Crippen LogP contribution is 2.12. The topological polar surface area (TPSA) is 72.2 Å². The van der Waals surface area contributed by atoms with Crippen LogP contribution in [0.1, 0.15) is 16.1 Å². The van der Waals surface area contributed by atoms with Crippen LogP contribution in [0.4, 0.5) is 0 Å². The van der Waals surface area contributed by atoms with Gasteiger partial charge in [-0.1, -0.05) is 0 Å². The molecular formula is C9H8N2O3. The van der Waals surface area contributed by atoms with Gasteiger partial charge in [0.05, 0.1) is 19.8 Å². The summed E-state index contributed by atoms with van der Waals surface area (Å²) in [7, 11) is 2.68. The van der Waals surface area contributed by atoms with Gasteiger partial charge in [0.15, 0.2) is 5.69 Å². The molecule has 5 nitrogen and oxygen atoms in total. The zero-order valence-electron chi connectivity index (χ0n) is 7.77. The Labute approximate surface area is 80.9 Å². The summed E-state index contributed by atoms with van der Waals surface area (Å²) in [4.78, 5) is 14.9. The molecule has 0 aromatic carbocycles. The van der Waals surface area contributed by atoms with Gasteiger partial charge in [-0.25, -0.2) is 9.78 Å². The molecule has 0 bridgehead atoms. The summed E-state index contributed by atoms with van der Waals surface area (Å²) >= 11 is 0. The van der Waals surface area contributed by atoms with Gasteiger partial charge >= 0.3 is 5.97 Å². The molecule has 14 heavy (non-hydrogen) atoms. The van der Waals surface area contributed by atoms with Crippen LogP contribution in [0.25, 0.3) is 0 Å². The number of ether oxygens (including phenoxy) is 2. The first-order valence-corrected chi connectivity index (χ1v) is 3.76. The molecular weight excluding hydrogens is 184 g/mol. The van der Waals surface area contributed by atoms with Gasteiger partial charge in [0.2, 0.25) is 5.88 Å². The molecule has 0 radical (unpaired) electrons. The Balaban J connectivity index is 3.20. The van der Waals surface area contributed by atoms with E-state index in [0.29, 0.717) is 0 Å². The lowest BCUT2D eigenvalue weighted by Gasteiger charge is -2.02. The standard InChI is InChI=1S/C9H8N2O3/c1-13-8-4-3-6(9(12)14-2)7(5-10)11-8/h3-4H,1-2H3. The van der Waals surface area contributed by atoms with Crippen molar-refractivity contribution < 1.29 is 14.3 Å². The SMILES string of the molecule is COC(=O)c1ccc(OC)nc1C#N. The number of hydrogen-bond donors (Lipinski definition) is 0. The van der Waals surface area contributed by atoms with Crippen molar-refractivity contribution in [2.24, 2.45) is 0 Å². The smallest absolute Gasteiger partial charge is 0.340 e. The minimum atomic E-state index is -0.586. The van der Waals surface area contributed by atoms with Crippen molar-refractivity contribution in [3.63, 3.8) is 0 Å². The predicted octanol–water partition coefficient (Wildman–Crippen LogP) is 0.748. The second kappa shape index (κ2) is 4.23. The van der Waals surface area contributed by atoms with Gasteiger partial charge in [-0.2, -0.15) is 5.26 Å². The molecule has 0 aliphatic rings. The lowest BCUT2D eigenvalue weighted by atomic mass is 10.2. The third kappa shape index (κ3) is 1.80. The Kier molecular flexibility index (Phi) is 3.02. The quantitative estimate of drug-likeness (QED) is 0.646. The van der Waals surface area contributed by atoms with E-state index >= 15 is 0 Å². The Hall–Kier alpha value is -2.09. The zero-order chi connectivity index (χ0) is 10.6. The average molecular weight is 192 g/mol. The molecule has 72 valence electrons. The summed E-state index contributed by atoms with van der Waals surface area (Å²) in [6.07, 6.45) is 0. The van der Waals surface area contributed by atoms with Crippen molar-refractivity contribution in [2.75, 3.05) is 14.2 Å². The van der Waals surface area contributed by atoms with E-state index in [1.165, 1.54) is 26.4 Å². The van der Waals surface area contributed by atoms with E-state index in [4.69, 9.17) is 10.00 Å². The third-order valence-electron chi connectivity index (χ3n) is 1.59. The van der Waals surface area contributed by atoms with Gasteiger partial charge in [-0.15, -0.1) is 0 Å². The number of aromatic nitrogens is 1. The predicted molar refractivity (Wildman–Crippen MR) is 46.8 cm³/mol. The van der Waals surface area contributed by atoms with Gasteiger partial charge in [-0.05, 0) is 6.07 Å². The molecule has 1 rings (SSSR count). The highest BCUT2D eigenvalue weighted by atomic mass is 16.5. The van der Waals surface area contributed by atoms with Crippen molar-refractivity contribution in [3.05, 3.63) is 23.4 Å². The number of nitrogens with zero attached hydrogens (tertiary/aromatic N) is 2. The summed E-state index contributed by atoms with van der Waals surface area (Å²) in [5.41, 5.74) is 0.131. The molecule has 5 heteroatoms. The fourth-order valence-corrected chi connectivity index (χ4v) is 0.915. The molecule has 1 heterocycles. The summed E-state index contributed by atoms with van der Waals surface area (Å²) in [6, 6.07) is 4.73. The monoisotopic (exact) mass is 192 g/mol. The maximum absolute atomic E-state index is 11.1. The minimum absolute atomic E-state index is 0.00352. The van der Waals surface area contributed by atoms with Gasteiger partial charge in [0.25, 0.3) is 0 Å². The normalized spacial score (nSPS) is 8.93. The highest BCUT2D eigenvalue weighted by Gasteiger charge is 2.13. The van der Waals surface area contributed by atoms with Gasteiger partial charge in [0, 0.05) is 6.07 Å². The van der Waals surface area contributed by atoms with Crippen molar-refractivity contribution >= 4 is 5.97 Å². The molecule has 0 spiro atoms. The van der Waals surface area contributed by atoms with Crippen molar-refractivity contribution in [1.29, 1.82) is 5.26 Å². The third-order valence-corrected chi connectivity index (χ3v) is 1.59. The summed E-state index contributed by atoms with van der Waals surface area (Å²) < 4.78 is 9.29. The van der Waals surface area contributed by atoms with Crippen LogP contribution >= 0.6 is 0 Å². The summed E-state index contributed by atoms with van der Waals surface area (Å²) in [5.74, 6) is -0.300. The van der Waals surface area contributed by atoms with Crippen LogP contribution in [0.15, 0.2) is 12.1 Å². The highest BCUT2D eigenvalue weighted by molar-refractivity contribution is 5.91. The molecule has 0 saturated carbocycles. The lowest BCUT2D eigenvalue weighted by Crippen LogP contribution is -2.06. The number of nitriles is 1. The van der Waals surface area contributed by atoms with Gasteiger partial charge in [-0.3, -0.25) is 0 Å². The van der Waals surface area contributed by atoms with E-state index in [-0.39, 0.29) is 17.1 Å². The second-order valence-corrected chi connectivity index (χ2v) is 2.35. The Bertz CT molecular complexity index is 396. The number of rotatable bonds is 2. The summed E-state index contributed by atoms with van der Waals surface area (Å²) in [6.45, 7) is 0. The summed E-state index contributed by atoms with van der Waals surface area (Å²) in [5, 5.41) is 8.71. The van der Waals surface area contributed by atoms with E-state index in [1.807, 2.05) is 0 Å². The number of carbonyl (C=O) groups is 1. The van der Waals surface area contributed by atoms with Gasteiger partial charge in [0.1, 0.15) is 6.07 Å². The number of pyridine rings is 1. The average Bonchev–Trinajstić information content (AvgIpc) is 2.27. The van der Waals surface area contributed by atoms with Crippen LogP contribution in [0.5, 0.6) is 5.88 Å². The van der Waals surface area contributed by atoms with E-state index in [0.717, 1.165) is 0 Å². The fourth-order valence-electron chi connectivity index (χ4n) is 0.915. The molecule has 1 aromatic rings. The van der Waals surface area contributed by atoms with E-state index in [9.17, 15) is 4.79 Å². The maximum atomic E-state index is 11.1. The molecule has 0 amide bonds. The first-order valence-electron chi connectivity index (χ1n) is 3.76. The Morgan fingerprint density at radius 2 is 2.21 bits per heavy atom. The maximum Gasteiger partial charge on any atom is 0.340 e. The Morgan fingerprint density at radius 1 is 1.50 bits per heavy atom. The van der Waals surface area contributed by atoms with Crippen LogP contribution in [0, 0.1) is 11.3 Å². The van der Waals surface area contributed by atoms with Crippen molar-refractivity contribution in [1.82, 2.24) is 4.98 Å². The molecule has 0 unspecified atom stereocenters. The molecule has 0 aliphatic heterocycles. The molecule has 1 aromatic heterocycles. The number of methoxy groups -OCH3 is 2. The fraction of sp³-hybridized carbons (Fsp3) is 0.222.